The summed E-state index contributed by atoms with van der Waals surface area (Å²) in [6, 6.07) is 20.2. The molecule has 0 spiro atoms. The van der Waals surface area contributed by atoms with E-state index in [0.717, 1.165) is 28.9 Å². The minimum Gasteiger partial charge on any atom is -0.394 e. The van der Waals surface area contributed by atoms with Gasteiger partial charge in [0, 0.05) is 48.2 Å². The molecule has 234 valence electrons. The number of carbonyl (C=O) groups excluding carboxylic acids is 3. The molecule has 45 heavy (non-hydrogen) atoms. The lowest BCUT2D eigenvalue weighted by molar-refractivity contribution is -0.139. The van der Waals surface area contributed by atoms with E-state index in [4.69, 9.17) is 11.6 Å². The van der Waals surface area contributed by atoms with Crippen molar-refractivity contribution in [2.75, 3.05) is 36.0 Å². The van der Waals surface area contributed by atoms with Gasteiger partial charge in [-0.1, -0.05) is 67.1 Å². The largest absolute Gasteiger partial charge is 0.394 e. The fourth-order valence-electron chi connectivity index (χ4n) is 6.59. The number of nitrogens with one attached hydrogen (secondary N) is 1. The molecule has 1 saturated heterocycles. The van der Waals surface area contributed by atoms with Gasteiger partial charge in [0.1, 0.15) is 0 Å². The molecular weight excluding hydrogens is 592 g/mol. The topological polar surface area (TPSA) is 113 Å². The third-order valence-electron chi connectivity index (χ3n) is 9.17. The zero-order valence-corrected chi connectivity index (χ0v) is 25.9. The van der Waals surface area contributed by atoms with Crippen molar-refractivity contribution in [1.29, 1.82) is 0 Å². The predicted molar refractivity (Wildman–Crippen MR) is 173 cm³/mol. The molecule has 6 rings (SSSR count). The Morgan fingerprint density at radius 1 is 1.11 bits per heavy atom. The summed E-state index contributed by atoms with van der Waals surface area (Å²) < 4.78 is 0. The first kappa shape index (κ1) is 31.0. The van der Waals surface area contributed by atoms with E-state index in [1.54, 1.807) is 52.0 Å². The molecule has 3 aromatic rings. The maximum atomic E-state index is 14.0. The summed E-state index contributed by atoms with van der Waals surface area (Å²) in [6.45, 7) is 3.90. The van der Waals surface area contributed by atoms with Crippen molar-refractivity contribution >= 4 is 40.7 Å². The number of piperazine rings is 1. The van der Waals surface area contributed by atoms with Crippen LogP contribution >= 0.6 is 11.6 Å². The van der Waals surface area contributed by atoms with E-state index < -0.39 is 17.4 Å². The maximum absolute atomic E-state index is 14.0. The zero-order chi connectivity index (χ0) is 31.7. The minimum atomic E-state index is -1.88. The van der Waals surface area contributed by atoms with E-state index in [9.17, 15) is 24.6 Å². The highest BCUT2D eigenvalue weighted by Gasteiger charge is 2.52. The fourth-order valence-corrected chi connectivity index (χ4v) is 6.76. The van der Waals surface area contributed by atoms with Crippen LogP contribution in [-0.4, -0.2) is 65.1 Å². The third kappa shape index (κ3) is 5.89. The Morgan fingerprint density at radius 3 is 2.60 bits per heavy atom. The van der Waals surface area contributed by atoms with E-state index in [2.05, 4.69) is 5.32 Å². The van der Waals surface area contributed by atoms with Gasteiger partial charge in [-0.3, -0.25) is 14.4 Å². The van der Waals surface area contributed by atoms with E-state index >= 15 is 0 Å². The number of hydrogen-bond acceptors (Lipinski definition) is 6. The Bertz CT molecular complexity index is 1640. The highest BCUT2D eigenvalue weighted by atomic mass is 35.5. The number of carbonyl (C=O) groups is 3. The number of benzene rings is 3. The molecule has 0 bridgehead atoms. The van der Waals surface area contributed by atoms with Gasteiger partial charge in [-0.2, -0.15) is 0 Å². The lowest BCUT2D eigenvalue weighted by Crippen LogP contribution is -2.48. The molecular formula is C35H37ClN4O5. The highest BCUT2D eigenvalue weighted by molar-refractivity contribution is 6.31. The van der Waals surface area contributed by atoms with Crippen LogP contribution in [0.3, 0.4) is 0 Å². The first-order valence-corrected chi connectivity index (χ1v) is 15.7. The Kier molecular flexibility index (Phi) is 8.79. The van der Waals surface area contributed by atoms with Gasteiger partial charge in [0.25, 0.3) is 5.91 Å². The summed E-state index contributed by atoms with van der Waals surface area (Å²) in [5.41, 5.74) is 2.95. The molecule has 0 saturated carbocycles. The molecule has 9 nitrogen and oxygen atoms in total. The van der Waals surface area contributed by atoms with Gasteiger partial charge in [0.15, 0.2) is 5.60 Å². The van der Waals surface area contributed by atoms with Crippen LogP contribution in [0.1, 0.15) is 35.6 Å². The molecule has 3 aliphatic heterocycles. The van der Waals surface area contributed by atoms with Crippen LogP contribution in [0.5, 0.6) is 0 Å². The molecule has 0 aliphatic carbocycles. The Hall–Kier alpha value is -4.02. The molecule has 0 aromatic heterocycles. The minimum absolute atomic E-state index is 0.0119. The maximum Gasteiger partial charge on any atom is 0.264 e. The van der Waals surface area contributed by atoms with E-state index in [-0.39, 0.29) is 37.4 Å². The molecule has 3 aliphatic rings. The summed E-state index contributed by atoms with van der Waals surface area (Å²) in [5.74, 6) is -1.26. The van der Waals surface area contributed by atoms with Crippen LogP contribution in [0.2, 0.25) is 5.02 Å². The van der Waals surface area contributed by atoms with Crippen molar-refractivity contribution < 1.29 is 24.6 Å². The Morgan fingerprint density at radius 2 is 1.87 bits per heavy atom. The van der Waals surface area contributed by atoms with Crippen LogP contribution in [-0.2, 0) is 39.5 Å². The summed E-state index contributed by atoms with van der Waals surface area (Å²) >= 11 is 6.34. The van der Waals surface area contributed by atoms with Crippen molar-refractivity contribution in [1.82, 2.24) is 10.2 Å². The van der Waals surface area contributed by atoms with E-state index in [1.807, 2.05) is 48.5 Å². The quantitative estimate of drug-likeness (QED) is 0.329. The summed E-state index contributed by atoms with van der Waals surface area (Å²) in [7, 11) is 0. The van der Waals surface area contributed by atoms with Crippen molar-refractivity contribution in [2.24, 2.45) is 5.92 Å². The van der Waals surface area contributed by atoms with Crippen LogP contribution in [0.4, 0.5) is 11.4 Å². The lowest BCUT2D eigenvalue weighted by Gasteiger charge is -2.36. The second kappa shape index (κ2) is 12.8. The number of aliphatic hydroxyl groups excluding tert-OH is 1. The SMILES string of the molecule is C[C@@H](/C=C/CC(=O)N1Cc2ccccc2C[C@H]1CO)[C@]1(O)C(=O)N(Cc2ccc(N3CCNCC3=O)cc2)c2ccc(Cl)cc21. The predicted octanol–water partition coefficient (Wildman–Crippen LogP) is 3.54. The highest BCUT2D eigenvalue weighted by Crippen LogP contribution is 2.46. The van der Waals surface area contributed by atoms with Crippen molar-refractivity contribution in [2.45, 2.75) is 44.5 Å². The van der Waals surface area contributed by atoms with E-state index in [0.29, 0.717) is 42.3 Å². The molecule has 0 radical (unpaired) electrons. The van der Waals surface area contributed by atoms with Crippen LogP contribution in [0.15, 0.2) is 78.9 Å². The van der Waals surface area contributed by atoms with Gasteiger partial charge >= 0.3 is 0 Å². The molecule has 3 amide bonds. The number of rotatable bonds is 8. The second-order valence-corrected chi connectivity index (χ2v) is 12.4. The summed E-state index contributed by atoms with van der Waals surface area (Å²) in [4.78, 5) is 44.5. The third-order valence-corrected chi connectivity index (χ3v) is 9.41. The molecule has 1 fully saturated rings. The van der Waals surface area contributed by atoms with Crippen molar-refractivity contribution in [3.05, 3.63) is 106 Å². The number of halogens is 1. The smallest absolute Gasteiger partial charge is 0.264 e. The summed E-state index contributed by atoms with van der Waals surface area (Å²) in [6.07, 6.45) is 4.06. The number of aliphatic hydroxyl groups is 2. The van der Waals surface area contributed by atoms with Crippen molar-refractivity contribution in [3.63, 3.8) is 0 Å². The first-order chi connectivity index (χ1) is 21.7. The standard InChI is InChI=1S/C35H37ClN4O5/c1-23(5-4-8-32(42)39-21-26-7-3-2-6-25(26)17-29(39)22-41)35(45)30-18-27(36)11-14-31(30)40(34(35)44)20-24-9-12-28(13-10-24)38-16-15-37-19-33(38)43/h2-7,9-14,18,23,29,37,41,45H,8,15-17,19-22H2,1H3/b5-4+/t23-,29-,35+/m0/s1. The molecule has 0 unspecified atom stereocenters. The molecule has 3 heterocycles. The molecule has 3 N–H and O–H groups in total. The number of fused-ring (bicyclic) bond motifs is 2. The molecule has 3 atom stereocenters. The Labute approximate surface area is 267 Å². The number of hydrogen-bond donors (Lipinski definition) is 3. The molecule has 3 aromatic carbocycles. The lowest BCUT2D eigenvalue weighted by atomic mass is 9.83. The van der Waals surface area contributed by atoms with Gasteiger partial charge in [0.05, 0.1) is 31.4 Å². The fraction of sp³-hybridized carbons (Fsp3) is 0.343. The van der Waals surface area contributed by atoms with Gasteiger partial charge < -0.3 is 30.2 Å². The number of anilines is 2. The molecule has 10 heteroatoms. The average Bonchev–Trinajstić information content (AvgIpc) is 3.26. The van der Waals surface area contributed by atoms with Gasteiger partial charge in [0.2, 0.25) is 11.8 Å². The van der Waals surface area contributed by atoms with Crippen molar-refractivity contribution in [3.8, 4) is 0 Å². The van der Waals surface area contributed by atoms with Gasteiger partial charge in [-0.15, -0.1) is 0 Å². The monoisotopic (exact) mass is 628 g/mol. The van der Waals surface area contributed by atoms with Gasteiger partial charge in [-0.05, 0) is 53.4 Å². The van der Waals surface area contributed by atoms with Crippen LogP contribution in [0.25, 0.3) is 0 Å². The normalized spacial score (nSPS) is 22.1. The second-order valence-electron chi connectivity index (χ2n) is 12.0. The zero-order valence-electron chi connectivity index (χ0n) is 25.2. The van der Waals surface area contributed by atoms with Crippen LogP contribution in [0, 0.1) is 5.92 Å². The first-order valence-electron chi connectivity index (χ1n) is 15.3. The van der Waals surface area contributed by atoms with Gasteiger partial charge in [-0.25, -0.2) is 0 Å². The van der Waals surface area contributed by atoms with Crippen LogP contribution < -0.4 is 15.1 Å². The summed E-state index contributed by atoms with van der Waals surface area (Å²) in [5, 5.41) is 25.5. The number of amides is 3. The average molecular weight is 629 g/mol. The number of nitrogens with zero attached hydrogens (tertiary/aromatic N) is 3. The Balaban J connectivity index is 1.18. The van der Waals surface area contributed by atoms with E-state index in [1.165, 1.54) is 0 Å².